The van der Waals surface area contributed by atoms with Gasteiger partial charge in [-0.3, -0.25) is 4.68 Å². The van der Waals surface area contributed by atoms with Gasteiger partial charge >= 0.3 is 6.18 Å². The Bertz CT molecular complexity index is 1160. The quantitative estimate of drug-likeness (QED) is 0.596. The number of aliphatic hydroxyl groups excluding tert-OH is 1. The van der Waals surface area contributed by atoms with Gasteiger partial charge in [-0.15, -0.1) is 11.3 Å². The largest absolute Gasteiger partial charge is 0.435 e. The van der Waals surface area contributed by atoms with E-state index in [9.17, 15) is 21.6 Å². The van der Waals surface area contributed by atoms with Crippen molar-refractivity contribution in [2.75, 3.05) is 0 Å². The zero-order valence-corrected chi connectivity index (χ0v) is 17.2. The van der Waals surface area contributed by atoms with Gasteiger partial charge in [-0.25, -0.2) is 13.1 Å². The Morgan fingerprint density at radius 3 is 2.63 bits per heavy atom. The number of fused-ring (bicyclic) bond motifs is 1. The van der Waals surface area contributed by atoms with Crippen LogP contribution in [0.15, 0.2) is 46.1 Å². The van der Waals surface area contributed by atoms with E-state index in [0.29, 0.717) is 12.8 Å². The van der Waals surface area contributed by atoms with Gasteiger partial charge < -0.3 is 5.11 Å². The minimum Gasteiger partial charge on any atom is -0.392 e. The topological polar surface area (TPSA) is 84.2 Å². The molecule has 2 N–H and O–H groups in total. The van der Waals surface area contributed by atoms with Gasteiger partial charge in [0.15, 0.2) is 5.69 Å². The minimum absolute atomic E-state index is 0.113. The van der Waals surface area contributed by atoms with Crippen molar-refractivity contribution in [1.82, 2.24) is 14.5 Å². The van der Waals surface area contributed by atoms with Crippen LogP contribution in [-0.2, 0) is 42.2 Å². The molecule has 0 bridgehead atoms. The van der Waals surface area contributed by atoms with Gasteiger partial charge in [0.25, 0.3) is 0 Å². The van der Waals surface area contributed by atoms with E-state index in [2.05, 4.69) is 9.82 Å². The second-order valence-electron chi connectivity index (χ2n) is 7.12. The fraction of sp³-hybridized carbons (Fsp3) is 0.316. The highest BCUT2D eigenvalue weighted by Crippen LogP contribution is 2.31. The highest BCUT2D eigenvalue weighted by Gasteiger charge is 2.37. The summed E-state index contributed by atoms with van der Waals surface area (Å²) >= 11 is 1.15. The summed E-state index contributed by atoms with van der Waals surface area (Å²) in [5, 5.41) is 14.4. The summed E-state index contributed by atoms with van der Waals surface area (Å²) < 4.78 is 68.0. The summed E-state index contributed by atoms with van der Waals surface area (Å²) in [5.74, 6) is 0. The van der Waals surface area contributed by atoms with E-state index in [-0.39, 0.29) is 22.4 Å². The van der Waals surface area contributed by atoms with Crippen molar-refractivity contribution in [3.8, 4) is 0 Å². The van der Waals surface area contributed by atoms with Gasteiger partial charge in [0.1, 0.15) is 4.21 Å². The van der Waals surface area contributed by atoms with Gasteiger partial charge in [-0.05, 0) is 41.0 Å². The van der Waals surface area contributed by atoms with Gasteiger partial charge in [0.2, 0.25) is 10.0 Å². The van der Waals surface area contributed by atoms with E-state index >= 15 is 0 Å². The number of aromatic nitrogens is 2. The van der Waals surface area contributed by atoms with E-state index in [4.69, 9.17) is 5.11 Å². The number of hydrogen-bond donors (Lipinski definition) is 2. The average Bonchev–Trinajstić information content (AvgIpc) is 3.39. The van der Waals surface area contributed by atoms with E-state index < -0.39 is 28.5 Å². The Labute approximate surface area is 175 Å². The molecule has 0 saturated heterocycles. The van der Waals surface area contributed by atoms with Crippen LogP contribution in [0.5, 0.6) is 0 Å². The van der Waals surface area contributed by atoms with Crippen molar-refractivity contribution in [1.29, 1.82) is 0 Å². The van der Waals surface area contributed by atoms with Gasteiger partial charge in [0, 0.05) is 17.8 Å². The number of halogens is 3. The van der Waals surface area contributed by atoms with Crippen LogP contribution >= 0.6 is 11.3 Å². The molecule has 4 rings (SSSR count). The van der Waals surface area contributed by atoms with Crippen LogP contribution in [0.25, 0.3) is 0 Å². The third kappa shape index (κ3) is 4.29. The molecule has 2 aromatic heterocycles. The predicted octanol–water partition coefficient (Wildman–Crippen LogP) is 2.95. The second-order valence-corrected chi connectivity index (χ2v) is 10.0. The number of nitrogens with zero attached hydrogens (tertiary/aromatic N) is 2. The summed E-state index contributed by atoms with van der Waals surface area (Å²) in [6, 6.07) is 8.48. The van der Waals surface area contributed by atoms with Gasteiger partial charge in [0.05, 0.1) is 13.2 Å². The van der Waals surface area contributed by atoms with Crippen molar-refractivity contribution in [3.05, 3.63) is 69.9 Å². The summed E-state index contributed by atoms with van der Waals surface area (Å²) in [7, 11) is -3.57. The first-order valence-electron chi connectivity index (χ1n) is 9.06. The molecular formula is C19H18F3N3O3S2. The molecular weight excluding hydrogens is 439 g/mol. The molecule has 0 fully saturated rings. The Balaban J connectivity index is 1.48. The monoisotopic (exact) mass is 457 g/mol. The lowest BCUT2D eigenvalue weighted by Crippen LogP contribution is -2.34. The molecule has 0 unspecified atom stereocenters. The highest BCUT2D eigenvalue weighted by atomic mass is 32.2. The lowest BCUT2D eigenvalue weighted by Gasteiger charge is -2.11. The molecule has 30 heavy (non-hydrogen) atoms. The maximum atomic E-state index is 13.0. The molecule has 0 radical (unpaired) electrons. The van der Waals surface area contributed by atoms with E-state index in [1.807, 2.05) is 12.1 Å². The normalized spacial score (nSPS) is 16.7. The van der Waals surface area contributed by atoms with Gasteiger partial charge in [-0.2, -0.15) is 18.3 Å². The van der Waals surface area contributed by atoms with Crippen molar-refractivity contribution in [3.63, 3.8) is 0 Å². The van der Waals surface area contributed by atoms with Crippen molar-refractivity contribution < 1.29 is 26.7 Å². The molecule has 1 aliphatic rings. The molecule has 0 amide bonds. The highest BCUT2D eigenvalue weighted by molar-refractivity contribution is 7.91. The first-order valence-corrected chi connectivity index (χ1v) is 11.4. The van der Waals surface area contributed by atoms with Crippen LogP contribution < -0.4 is 4.72 Å². The third-order valence-electron chi connectivity index (χ3n) is 4.91. The fourth-order valence-electron chi connectivity index (χ4n) is 3.63. The lowest BCUT2D eigenvalue weighted by molar-refractivity contribution is -0.142. The summed E-state index contributed by atoms with van der Waals surface area (Å²) in [6.07, 6.45) is -2.39. The molecule has 0 saturated carbocycles. The number of benzene rings is 1. The smallest absolute Gasteiger partial charge is 0.392 e. The zero-order valence-electron chi connectivity index (χ0n) is 15.6. The van der Waals surface area contributed by atoms with Crippen LogP contribution in [0.2, 0.25) is 0 Å². The van der Waals surface area contributed by atoms with Crippen molar-refractivity contribution >= 4 is 21.4 Å². The third-order valence-corrected chi connectivity index (χ3v) is 7.82. The Hall–Kier alpha value is -2.21. The Kier molecular flexibility index (Phi) is 5.47. The molecule has 1 aromatic carbocycles. The van der Waals surface area contributed by atoms with E-state index in [0.717, 1.165) is 32.7 Å². The number of hydrogen-bond acceptors (Lipinski definition) is 5. The summed E-state index contributed by atoms with van der Waals surface area (Å²) in [4.78, 5) is 0. The maximum absolute atomic E-state index is 13.0. The first-order chi connectivity index (χ1) is 14.2. The van der Waals surface area contributed by atoms with Crippen LogP contribution in [0.1, 0.15) is 27.9 Å². The molecule has 1 aliphatic carbocycles. The number of sulfonamides is 1. The van der Waals surface area contributed by atoms with Crippen molar-refractivity contribution in [2.45, 2.75) is 42.4 Å². The second kappa shape index (κ2) is 7.80. The lowest BCUT2D eigenvalue weighted by atomic mass is 10.1. The molecule has 6 nitrogen and oxygen atoms in total. The zero-order chi connectivity index (χ0) is 21.5. The Morgan fingerprint density at radius 2 is 2.00 bits per heavy atom. The van der Waals surface area contributed by atoms with Crippen LogP contribution in [-0.4, -0.2) is 29.3 Å². The number of rotatable bonds is 6. The maximum Gasteiger partial charge on any atom is 0.435 e. The van der Waals surface area contributed by atoms with E-state index in [1.54, 1.807) is 23.6 Å². The fourth-order valence-corrected chi connectivity index (χ4v) is 5.88. The molecule has 1 atom stereocenters. The first kappa shape index (κ1) is 21.0. The van der Waals surface area contributed by atoms with Crippen LogP contribution in [0.4, 0.5) is 13.2 Å². The molecule has 160 valence electrons. The molecule has 2 heterocycles. The molecule has 3 aromatic rings. The molecule has 0 spiro atoms. The average molecular weight is 457 g/mol. The van der Waals surface area contributed by atoms with Crippen molar-refractivity contribution in [2.24, 2.45) is 0 Å². The predicted molar refractivity (Wildman–Crippen MR) is 105 cm³/mol. The molecule has 0 aliphatic heterocycles. The van der Waals surface area contributed by atoms with E-state index in [1.165, 1.54) is 6.20 Å². The summed E-state index contributed by atoms with van der Waals surface area (Å²) in [5.41, 5.74) is 1.35. The summed E-state index contributed by atoms with van der Waals surface area (Å²) in [6.45, 7) is -0.632. The van der Waals surface area contributed by atoms with Crippen LogP contribution in [0, 0.1) is 0 Å². The van der Waals surface area contributed by atoms with Gasteiger partial charge in [-0.1, -0.05) is 24.3 Å². The molecule has 11 heteroatoms. The standard InChI is InChI=1S/C19H18F3N3O3S2/c20-19(21,22)18-15(11-26)10-25(23-18)9-12-3-4-13-7-16(8-14(13)6-12)24-30(27,28)17-2-1-5-29-17/h1-6,10,16,24,26H,7-9,11H2/t16-/m1/s1. The Morgan fingerprint density at radius 1 is 1.23 bits per heavy atom. The number of thiophene rings is 1. The SMILES string of the molecule is O=S(=O)(N[C@@H]1Cc2ccc(Cn3cc(CO)c(C(F)(F)F)n3)cc2C1)c1cccs1. The van der Waals surface area contributed by atoms with Crippen LogP contribution in [0.3, 0.4) is 0 Å². The number of alkyl halides is 3. The minimum atomic E-state index is -4.63. The number of aliphatic hydroxyl groups is 1. The number of nitrogens with one attached hydrogen (secondary N) is 1.